The lowest BCUT2D eigenvalue weighted by Gasteiger charge is -2.31. The van der Waals surface area contributed by atoms with Gasteiger partial charge in [0.25, 0.3) is 0 Å². The molecule has 2 nitrogen and oxygen atoms in total. The van der Waals surface area contributed by atoms with Gasteiger partial charge < -0.3 is 5.32 Å². The molecule has 2 fully saturated rings. The van der Waals surface area contributed by atoms with E-state index >= 15 is 0 Å². The molecule has 3 rings (SSSR count). The van der Waals surface area contributed by atoms with E-state index in [9.17, 15) is 0 Å². The van der Waals surface area contributed by atoms with Gasteiger partial charge in [-0.15, -0.1) is 0 Å². The normalized spacial score (nSPS) is 36.9. The number of hydrogen-bond donors (Lipinski definition) is 1. The van der Waals surface area contributed by atoms with Gasteiger partial charge in [-0.25, -0.2) is 0 Å². The minimum absolute atomic E-state index is 0.345. The summed E-state index contributed by atoms with van der Waals surface area (Å²) >= 11 is 1.96. The second kappa shape index (κ2) is 4.25. The Morgan fingerprint density at radius 3 is 2.88 bits per heavy atom. The highest BCUT2D eigenvalue weighted by molar-refractivity contribution is 8.13. The Balaban J connectivity index is 1.66. The molecule has 90 valence electrons. The summed E-state index contributed by atoms with van der Waals surface area (Å²) < 4.78 is 0. The van der Waals surface area contributed by atoms with Crippen LogP contribution in [-0.2, 0) is 0 Å². The summed E-state index contributed by atoms with van der Waals surface area (Å²) in [5, 5.41) is 4.96. The number of rotatable bonds is 1. The third-order valence-electron chi connectivity index (χ3n) is 4.45. The molecule has 0 saturated heterocycles. The van der Waals surface area contributed by atoms with E-state index in [-0.39, 0.29) is 0 Å². The lowest BCUT2D eigenvalue weighted by molar-refractivity contribution is 0.430. The minimum Gasteiger partial charge on any atom is -0.360 e. The predicted octanol–water partition coefficient (Wildman–Crippen LogP) is 3.18. The summed E-state index contributed by atoms with van der Waals surface area (Å²) in [6.07, 6.45) is 9.53. The van der Waals surface area contributed by atoms with Gasteiger partial charge in [0.05, 0.1) is 6.04 Å². The Kier molecular flexibility index (Phi) is 2.90. The third kappa shape index (κ3) is 2.11. The van der Waals surface area contributed by atoms with Gasteiger partial charge in [0.15, 0.2) is 5.17 Å². The van der Waals surface area contributed by atoms with Crippen LogP contribution in [0, 0.1) is 5.92 Å². The molecule has 0 aromatic carbocycles. The van der Waals surface area contributed by atoms with Crippen LogP contribution in [0.4, 0.5) is 0 Å². The number of nitrogens with zero attached hydrogens (tertiary/aromatic N) is 1. The molecule has 3 aliphatic rings. The van der Waals surface area contributed by atoms with Gasteiger partial charge in [-0.05, 0) is 38.5 Å². The van der Waals surface area contributed by atoms with Crippen molar-refractivity contribution in [1.29, 1.82) is 0 Å². The molecule has 3 heteroatoms. The minimum atomic E-state index is 0.345. The van der Waals surface area contributed by atoms with Crippen molar-refractivity contribution in [1.82, 2.24) is 5.32 Å². The van der Waals surface area contributed by atoms with Crippen molar-refractivity contribution in [3.8, 4) is 0 Å². The molecular weight excluding hydrogens is 216 g/mol. The average molecular weight is 238 g/mol. The molecule has 1 aliphatic heterocycles. The SMILES string of the molecule is CC1(NC2=NC3CCCC3CS2)CCCC1. The first-order valence-corrected chi connectivity index (χ1v) is 7.73. The second-order valence-corrected chi connectivity index (χ2v) is 6.91. The highest BCUT2D eigenvalue weighted by atomic mass is 32.2. The van der Waals surface area contributed by atoms with Crippen molar-refractivity contribution in [3.05, 3.63) is 0 Å². The number of hydrogen-bond acceptors (Lipinski definition) is 3. The molecule has 0 amide bonds. The topological polar surface area (TPSA) is 24.4 Å². The lowest BCUT2D eigenvalue weighted by atomic mass is 10.0. The fourth-order valence-electron chi connectivity index (χ4n) is 3.36. The first-order chi connectivity index (χ1) is 7.75. The van der Waals surface area contributed by atoms with E-state index in [2.05, 4.69) is 12.2 Å². The molecule has 0 spiro atoms. The van der Waals surface area contributed by atoms with Gasteiger partial charge >= 0.3 is 0 Å². The molecule has 16 heavy (non-hydrogen) atoms. The summed E-state index contributed by atoms with van der Waals surface area (Å²) in [5.41, 5.74) is 0.345. The molecule has 1 N–H and O–H groups in total. The highest BCUT2D eigenvalue weighted by Crippen LogP contribution is 2.36. The zero-order valence-electron chi connectivity index (χ0n) is 10.2. The summed E-state index contributed by atoms with van der Waals surface area (Å²) in [6, 6.07) is 0.647. The maximum Gasteiger partial charge on any atom is 0.157 e. The molecule has 2 unspecified atom stereocenters. The smallest absolute Gasteiger partial charge is 0.157 e. The van der Waals surface area contributed by atoms with Crippen molar-refractivity contribution in [2.24, 2.45) is 10.9 Å². The van der Waals surface area contributed by atoms with Crippen molar-refractivity contribution >= 4 is 16.9 Å². The first kappa shape index (κ1) is 10.9. The number of fused-ring (bicyclic) bond motifs is 1. The van der Waals surface area contributed by atoms with Gasteiger partial charge in [0.2, 0.25) is 0 Å². The van der Waals surface area contributed by atoms with Crippen LogP contribution >= 0.6 is 11.8 Å². The molecule has 2 aliphatic carbocycles. The van der Waals surface area contributed by atoms with Gasteiger partial charge in [-0.2, -0.15) is 0 Å². The van der Waals surface area contributed by atoms with Crippen molar-refractivity contribution in [2.75, 3.05) is 5.75 Å². The zero-order valence-corrected chi connectivity index (χ0v) is 11.0. The molecule has 1 heterocycles. The van der Waals surface area contributed by atoms with Gasteiger partial charge in [0.1, 0.15) is 0 Å². The maximum atomic E-state index is 4.92. The van der Waals surface area contributed by atoms with E-state index in [0.29, 0.717) is 11.6 Å². The monoisotopic (exact) mass is 238 g/mol. The van der Waals surface area contributed by atoms with Crippen LogP contribution in [0.5, 0.6) is 0 Å². The fraction of sp³-hybridized carbons (Fsp3) is 0.923. The molecular formula is C13H22N2S. The summed E-state index contributed by atoms with van der Waals surface area (Å²) in [7, 11) is 0. The van der Waals surface area contributed by atoms with E-state index in [4.69, 9.17) is 4.99 Å². The van der Waals surface area contributed by atoms with E-state index in [1.54, 1.807) is 0 Å². The van der Waals surface area contributed by atoms with Crippen LogP contribution in [0.1, 0.15) is 51.9 Å². The summed E-state index contributed by atoms with van der Waals surface area (Å²) in [4.78, 5) is 4.92. The Labute approximate surface area is 103 Å². The molecule has 0 aromatic heterocycles. The Hall–Kier alpha value is -0.180. The predicted molar refractivity (Wildman–Crippen MR) is 71.0 cm³/mol. The van der Waals surface area contributed by atoms with Crippen molar-refractivity contribution < 1.29 is 0 Å². The Morgan fingerprint density at radius 1 is 1.25 bits per heavy atom. The maximum absolute atomic E-state index is 4.92. The number of nitrogens with one attached hydrogen (secondary N) is 1. The second-order valence-electron chi connectivity index (χ2n) is 5.90. The molecule has 0 bridgehead atoms. The number of thioether (sulfide) groups is 1. The molecule has 2 saturated carbocycles. The van der Waals surface area contributed by atoms with Crippen molar-refractivity contribution in [3.63, 3.8) is 0 Å². The fourth-order valence-corrected chi connectivity index (χ4v) is 4.65. The molecule has 0 aromatic rings. The number of amidine groups is 1. The van der Waals surface area contributed by atoms with E-state index < -0.39 is 0 Å². The van der Waals surface area contributed by atoms with Gasteiger partial charge in [-0.1, -0.05) is 31.0 Å². The van der Waals surface area contributed by atoms with Crippen LogP contribution in [0.15, 0.2) is 4.99 Å². The van der Waals surface area contributed by atoms with Crippen LogP contribution in [-0.4, -0.2) is 22.5 Å². The van der Waals surface area contributed by atoms with Gasteiger partial charge in [0, 0.05) is 11.3 Å². The van der Waals surface area contributed by atoms with E-state index in [1.807, 2.05) is 11.8 Å². The average Bonchev–Trinajstić information content (AvgIpc) is 2.86. The summed E-state index contributed by atoms with van der Waals surface area (Å²) in [6.45, 7) is 2.36. The first-order valence-electron chi connectivity index (χ1n) is 6.74. The Bertz CT molecular complexity index is 294. The van der Waals surface area contributed by atoms with Crippen LogP contribution in [0.3, 0.4) is 0 Å². The largest absolute Gasteiger partial charge is 0.360 e. The number of aliphatic imine (C=N–C) groups is 1. The standard InChI is InChI=1S/C13H22N2S/c1-13(7-2-3-8-13)15-12-14-11-6-4-5-10(11)9-16-12/h10-11H,2-9H2,1H3,(H,14,15). The van der Waals surface area contributed by atoms with Crippen LogP contribution in [0.25, 0.3) is 0 Å². The van der Waals surface area contributed by atoms with E-state index in [0.717, 1.165) is 5.92 Å². The third-order valence-corrected chi connectivity index (χ3v) is 5.53. The Morgan fingerprint density at radius 2 is 2.06 bits per heavy atom. The molecule has 0 radical (unpaired) electrons. The van der Waals surface area contributed by atoms with Crippen LogP contribution < -0.4 is 5.32 Å². The lowest BCUT2D eigenvalue weighted by Crippen LogP contribution is -2.44. The van der Waals surface area contributed by atoms with Crippen molar-refractivity contribution in [2.45, 2.75) is 63.5 Å². The summed E-state index contributed by atoms with van der Waals surface area (Å²) in [5.74, 6) is 2.18. The quantitative estimate of drug-likeness (QED) is 0.759. The molecule has 2 atom stereocenters. The van der Waals surface area contributed by atoms with Crippen LogP contribution in [0.2, 0.25) is 0 Å². The highest BCUT2D eigenvalue weighted by Gasteiger charge is 2.34. The zero-order chi connectivity index (χ0) is 11.0. The van der Waals surface area contributed by atoms with Gasteiger partial charge in [-0.3, -0.25) is 4.99 Å². The van der Waals surface area contributed by atoms with E-state index in [1.165, 1.54) is 55.9 Å².